The second kappa shape index (κ2) is 7.04. The van der Waals surface area contributed by atoms with Gasteiger partial charge in [-0.1, -0.05) is 44.2 Å². The highest BCUT2D eigenvalue weighted by molar-refractivity contribution is 7.99. The summed E-state index contributed by atoms with van der Waals surface area (Å²) >= 11 is 1.93. The van der Waals surface area contributed by atoms with Crippen molar-refractivity contribution in [1.82, 2.24) is 5.32 Å². The molecule has 0 unspecified atom stereocenters. The van der Waals surface area contributed by atoms with Gasteiger partial charge in [-0.2, -0.15) is 11.8 Å². The smallest absolute Gasteiger partial charge is 0.0652 e. The number of thioether (sulfide) groups is 1. The Labute approximate surface area is 109 Å². The lowest BCUT2D eigenvalue weighted by Crippen LogP contribution is -2.44. The van der Waals surface area contributed by atoms with Gasteiger partial charge < -0.3 is 10.4 Å². The Kier molecular flexibility index (Phi) is 6.03. The lowest BCUT2D eigenvalue weighted by Gasteiger charge is -2.29. The first kappa shape index (κ1) is 14.6. The Bertz CT molecular complexity index is 315. The third kappa shape index (κ3) is 4.70. The van der Waals surface area contributed by atoms with Crippen LogP contribution in [0.15, 0.2) is 30.3 Å². The van der Waals surface area contributed by atoms with E-state index in [0.29, 0.717) is 5.25 Å². The molecule has 0 aliphatic heterocycles. The first-order chi connectivity index (χ1) is 8.08. The maximum Gasteiger partial charge on any atom is 0.0652 e. The van der Waals surface area contributed by atoms with E-state index in [2.05, 4.69) is 31.3 Å². The van der Waals surface area contributed by atoms with Crippen LogP contribution in [-0.4, -0.2) is 29.3 Å². The molecule has 96 valence electrons. The summed E-state index contributed by atoms with van der Waals surface area (Å²) in [5.74, 6) is 1.07. The number of hydrogen-bond acceptors (Lipinski definition) is 3. The summed E-state index contributed by atoms with van der Waals surface area (Å²) in [5.41, 5.74) is 0.802. The van der Waals surface area contributed by atoms with E-state index in [4.69, 9.17) is 0 Å². The van der Waals surface area contributed by atoms with Crippen LogP contribution in [0.25, 0.3) is 0 Å². The highest BCUT2D eigenvalue weighted by Gasteiger charge is 2.24. The number of aliphatic hydroxyl groups is 1. The van der Waals surface area contributed by atoms with E-state index in [0.717, 1.165) is 17.9 Å². The largest absolute Gasteiger partial charge is 0.394 e. The number of aliphatic hydroxyl groups excluding tert-OH is 1. The lowest BCUT2D eigenvalue weighted by atomic mass is 9.93. The molecule has 0 bridgehead atoms. The predicted molar refractivity (Wildman–Crippen MR) is 76.5 cm³/mol. The van der Waals surface area contributed by atoms with Crippen LogP contribution in [0.2, 0.25) is 0 Å². The average molecular weight is 253 g/mol. The zero-order valence-corrected chi connectivity index (χ0v) is 11.8. The Morgan fingerprint density at radius 2 is 1.94 bits per heavy atom. The molecule has 3 heteroatoms. The van der Waals surface area contributed by atoms with Crippen molar-refractivity contribution >= 4 is 11.8 Å². The molecule has 0 aliphatic rings. The molecule has 0 saturated carbocycles. The molecule has 0 spiro atoms. The van der Waals surface area contributed by atoms with Gasteiger partial charge in [-0.3, -0.25) is 0 Å². The summed E-state index contributed by atoms with van der Waals surface area (Å²) in [5, 5.41) is 13.7. The zero-order valence-electron chi connectivity index (χ0n) is 10.9. The first-order valence-electron chi connectivity index (χ1n) is 6.11. The standard InChI is InChI=1S/C14H23NOS/c1-12(2)17-10-9-15-14(3,11-16)13-7-5-4-6-8-13/h4-8,12,15-16H,9-11H2,1-3H3/t14-/m1/s1. The maximum absolute atomic E-state index is 9.58. The van der Waals surface area contributed by atoms with Crippen molar-refractivity contribution in [2.24, 2.45) is 0 Å². The highest BCUT2D eigenvalue weighted by atomic mass is 32.2. The summed E-state index contributed by atoms with van der Waals surface area (Å²) in [6.07, 6.45) is 0. The van der Waals surface area contributed by atoms with E-state index in [-0.39, 0.29) is 12.1 Å². The van der Waals surface area contributed by atoms with Gasteiger partial charge in [-0.05, 0) is 17.7 Å². The Morgan fingerprint density at radius 1 is 1.29 bits per heavy atom. The van der Waals surface area contributed by atoms with E-state index < -0.39 is 0 Å². The molecule has 0 aromatic heterocycles. The third-order valence-electron chi connectivity index (χ3n) is 2.80. The van der Waals surface area contributed by atoms with Gasteiger partial charge >= 0.3 is 0 Å². The molecule has 0 fully saturated rings. The minimum atomic E-state index is -0.335. The molecular weight excluding hydrogens is 230 g/mol. The highest BCUT2D eigenvalue weighted by Crippen LogP contribution is 2.19. The number of benzene rings is 1. The maximum atomic E-state index is 9.58. The van der Waals surface area contributed by atoms with Gasteiger partial charge in [-0.15, -0.1) is 0 Å². The van der Waals surface area contributed by atoms with E-state index >= 15 is 0 Å². The summed E-state index contributed by atoms with van der Waals surface area (Å²) in [7, 11) is 0. The molecule has 2 nitrogen and oxygen atoms in total. The molecule has 0 amide bonds. The van der Waals surface area contributed by atoms with Gasteiger partial charge in [0.25, 0.3) is 0 Å². The second-order valence-electron chi connectivity index (χ2n) is 4.70. The van der Waals surface area contributed by atoms with Gasteiger partial charge in [0.1, 0.15) is 0 Å². The van der Waals surface area contributed by atoms with Crippen molar-refractivity contribution in [2.45, 2.75) is 31.6 Å². The second-order valence-corrected chi connectivity index (χ2v) is 6.39. The monoisotopic (exact) mass is 253 g/mol. The van der Waals surface area contributed by atoms with Crippen molar-refractivity contribution in [1.29, 1.82) is 0 Å². The molecule has 17 heavy (non-hydrogen) atoms. The fourth-order valence-electron chi connectivity index (χ4n) is 1.68. The molecule has 1 rings (SSSR count). The molecular formula is C14H23NOS. The fourth-order valence-corrected chi connectivity index (χ4v) is 2.37. The minimum Gasteiger partial charge on any atom is -0.394 e. The lowest BCUT2D eigenvalue weighted by molar-refractivity contribution is 0.177. The van der Waals surface area contributed by atoms with Crippen LogP contribution in [0.4, 0.5) is 0 Å². The topological polar surface area (TPSA) is 32.3 Å². The molecule has 0 heterocycles. The predicted octanol–water partition coefficient (Wildman–Crippen LogP) is 2.63. The Morgan fingerprint density at radius 3 is 2.47 bits per heavy atom. The van der Waals surface area contributed by atoms with Crippen molar-refractivity contribution in [3.05, 3.63) is 35.9 Å². The van der Waals surface area contributed by atoms with E-state index in [1.54, 1.807) is 0 Å². The minimum absolute atomic E-state index is 0.114. The first-order valence-corrected chi connectivity index (χ1v) is 7.16. The van der Waals surface area contributed by atoms with E-state index in [1.165, 1.54) is 0 Å². The summed E-state index contributed by atoms with van der Waals surface area (Å²) in [6, 6.07) is 10.1. The number of nitrogens with one attached hydrogen (secondary N) is 1. The Balaban J connectivity index is 2.52. The molecule has 1 atom stereocenters. The zero-order chi connectivity index (χ0) is 12.7. The number of hydrogen-bond donors (Lipinski definition) is 2. The Hall–Kier alpha value is -0.510. The molecule has 0 aliphatic carbocycles. The van der Waals surface area contributed by atoms with Crippen LogP contribution >= 0.6 is 11.8 Å². The summed E-state index contributed by atoms with van der Waals surface area (Å²) < 4.78 is 0. The molecule has 1 aromatic rings. The van der Waals surface area contributed by atoms with Gasteiger partial charge in [0, 0.05) is 12.3 Å². The van der Waals surface area contributed by atoms with Crippen molar-refractivity contribution in [3.8, 4) is 0 Å². The van der Waals surface area contributed by atoms with Gasteiger partial charge in [0.2, 0.25) is 0 Å². The van der Waals surface area contributed by atoms with Crippen molar-refractivity contribution < 1.29 is 5.11 Å². The van der Waals surface area contributed by atoms with Gasteiger partial charge in [0.15, 0.2) is 0 Å². The fraction of sp³-hybridized carbons (Fsp3) is 0.571. The van der Waals surface area contributed by atoms with Crippen molar-refractivity contribution in [3.63, 3.8) is 0 Å². The average Bonchev–Trinajstić information content (AvgIpc) is 2.35. The van der Waals surface area contributed by atoms with Crippen LogP contribution < -0.4 is 5.32 Å². The van der Waals surface area contributed by atoms with Crippen molar-refractivity contribution in [2.75, 3.05) is 18.9 Å². The third-order valence-corrected chi connectivity index (χ3v) is 3.90. The summed E-state index contributed by atoms with van der Waals surface area (Å²) in [4.78, 5) is 0. The summed E-state index contributed by atoms with van der Waals surface area (Å²) in [6.45, 7) is 7.47. The van der Waals surface area contributed by atoms with Crippen LogP contribution in [0.3, 0.4) is 0 Å². The SMILES string of the molecule is CC(C)SCCN[C@](C)(CO)c1ccccc1. The number of rotatable bonds is 7. The normalized spacial score (nSPS) is 14.9. The van der Waals surface area contributed by atoms with Crippen LogP contribution in [0.1, 0.15) is 26.3 Å². The van der Waals surface area contributed by atoms with Crippen LogP contribution in [0.5, 0.6) is 0 Å². The van der Waals surface area contributed by atoms with Crippen LogP contribution in [-0.2, 0) is 5.54 Å². The van der Waals surface area contributed by atoms with E-state index in [1.807, 2.05) is 36.9 Å². The molecule has 0 radical (unpaired) electrons. The van der Waals surface area contributed by atoms with Gasteiger partial charge in [0.05, 0.1) is 12.1 Å². The van der Waals surface area contributed by atoms with E-state index in [9.17, 15) is 5.11 Å². The van der Waals surface area contributed by atoms with Crippen LogP contribution in [0, 0.1) is 0 Å². The molecule has 0 saturated heterocycles. The quantitative estimate of drug-likeness (QED) is 0.733. The molecule has 1 aromatic carbocycles. The molecule has 2 N–H and O–H groups in total. The van der Waals surface area contributed by atoms with Gasteiger partial charge in [-0.25, -0.2) is 0 Å².